The molecule has 2 fully saturated rings. The maximum Gasteiger partial charge on any atom is 0.225 e. The van der Waals surface area contributed by atoms with Crippen LogP contribution < -0.4 is 14.4 Å². The van der Waals surface area contributed by atoms with Gasteiger partial charge in [-0.15, -0.1) is 0 Å². The number of amides is 1. The van der Waals surface area contributed by atoms with Crippen molar-refractivity contribution >= 4 is 11.6 Å². The average Bonchev–Trinajstić information content (AvgIpc) is 2.97. The summed E-state index contributed by atoms with van der Waals surface area (Å²) in [5.74, 6) is 2.29. The van der Waals surface area contributed by atoms with Gasteiger partial charge in [0.1, 0.15) is 18.1 Å². The van der Waals surface area contributed by atoms with E-state index in [1.165, 1.54) is 11.1 Å². The maximum absolute atomic E-state index is 13.3. The number of carbonyl (C=O) groups is 1. The lowest BCUT2D eigenvalue weighted by Crippen LogP contribution is -2.51. The number of piperidine rings is 1. The highest BCUT2D eigenvalue weighted by atomic mass is 16.5. The Labute approximate surface area is 226 Å². The Morgan fingerprint density at radius 1 is 0.789 bits per heavy atom. The molecular formula is C32H39N3O3. The highest BCUT2D eigenvalue weighted by Crippen LogP contribution is 2.30. The van der Waals surface area contributed by atoms with Crippen LogP contribution in [0.2, 0.25) is 0 Å². The largest absolute Gasteiger partial charge is 0.492 e. The molecule has 2 saturated heterocycles. The van der Waals surface area contributed by atoms with E-state index < -0.39 is 0 Å². The van der Waals surface area contributed by atoms with Gasteiger partial charge in [-0.3, -0.25) is 9.69 Å². The fourth-order valence-corrected chi connectivity index (χ4v) is 5.49. The fourth-order valence-electron chi connectivity index (χ4n) is 5.49. The number of rotatable bonds is 9. The summed E-state index contributed by atoms with van der Waals surface area (Å²) in [6.45, 7) is 9.27. The molecular weight excluding hydrogens is 474 g/mol. The molecule has 5 rings (SSSR count). The summed E-state index contributed by atoms with van der Waals surface area (Å²) in [6, 6.07) is 26.8. The van der Waals surface area contributed by atoms with Gasteiger partial charge in [-0.25, -0.2) is 0 Å². The van der Waals surface area contributed by atoms with Gasteiger partial charge in [0.25, 0.3) is 0 Å². The van der Waals surface area contributed by atoms with E-state index in [1.54, 1.807) is 0 Å². The van der Waals surface area contributed by atoms with Crippen molar-refractivity contribution in [3.8, 4) is 11.5 Å². The molecule has 0 radical (unpaired) electrons. The summed E-state index contributed by atoms with van der Waals surface area (Å²) in [5, 5.41) is 0. The lowest BCUT2D eigenvalue weighted by molar-refractivity contribution is -0.137. The standard InChI is InChI=1S/C32H39N3O3/c1-2-37-31-14-7-6-13-30(31)34-19-21-35(22-20-34)32(36)28-15-17-33(18-16-28)24-27-11-8-12-29(23-27)38-25-26-9-4-3-5-10-26/h3-14,23,28H,2,15-22,24-25H2,1H3. The number of piperazine rings is 1. The van der Waals surface area contributed by atoms with Gasteiger partial charge in [-0.05, 0) is 68.2 Å². The summed E-state index contributed by atoms with van der Waals surface area (Å²) in [7, 11) is 0. The first kappa shape index (κ1) is 26.1. The molecule has 3 aromatic rings. The predicted molar refractivity (Wildman–Crippen MR) is 152 cm³/mol. The van der Waals surface area contributed by atoms with Gasteiger partial charge >= 0.3 is 0 Å². The third kappa shape index (κ3) is 6.67. The molecule has 0 N–H and O–H groups in total. The molecule has 0 aliphatic carbocycles. The van der Waals surface area contributed by atoms with Crippen molar-refractivity contribution in [1.82, 2.24) is 9.80 Å². The van der Waals surface area contributed by atoms with Crippen LogP contribution in [-0.4, -0.2) is 61.6 Å². The van der Waals surface area contributed by atoms with Crippen molar-refractivity contribution in [2.75, 3.05) is 50.8 Å². The van der Waals surface area contributed by atoms with Crippen molar-refractivity contribution in [3.05, 3.63) is 90.0 Å². The Hall–Kier alpha value is -3.51. The van der Waals surface area contributed by atoms with Crippen LogP contribution >= 0.6 is 0 Å². The predicted octanol–water partition coefficient (Wildman–Crippen LogP) is 5.23. The van der Waals surface area contributed by atoms with Crippen molar-refractivity contribution in [2.24, 2.45) is 5.92 Å². The SMILES string of the molecule is CCOc1ccccc1N1CCN(C(=O)C2CCN(Cc3cccc(OCc4ccccc4)c3)CC2)CC1. The van der Waals surface area contributed by atoms with Gasteiger partial charge in [0.15, 0.2) is 0 Å². The molecule has 0 atom stereocenters. The van der Waals surface area contributed by atoms with Crippen LogP contribution in [-0.2, 0) is 17.9 Å². The van der Waals surface area contributed by atoms with E-state index in [2.05, 4.69) is 57.2 Å². The molecule has 2 heterocycles. The smallest absolute Gasteiger partial charge is 0.225 e. The van der Waals surface area contributed by atoms with Crippen molar-refractivity contribution in [2.45, 2.75) is 32.9 Å². The highest BCUT2D eigenvalue weighted by Gasteiger charge is 2.31. The second kappa shape index (κ2) is 12.8. The van der Waals surface area contributed by atoms with Crippen LogP contribution in [0.5, 0.6) is 11.5 Å². The minimum atomic E-state index is 0.133. The molecule has 2 aliphatic rings. The summed E-state index contributed by atoms with van der Waals surface area (Å²) in [4.78, 5) is 20.2. The fraction of sp³-hybridized carbons (Fsp3) is 0.406. The van der Waals surface area contributed by atoms with Crippen LogP contribution in [0.15, 0.2) is 78.9 Å². The van der Waals surface area contributed by atoms with Crippen LogP contribution in [0.1, 0.15) is 30.9 Å². The van der Waals surface area contributed by atoms with Crippen molar-refractivity contribution < 1.29 is 14.3 Å². The van der Waals surface area contributed by atoms with E-state index in [1.807, 2.05) is 43.3 Å². The van der Waals surface area contributed by atoms with Gasteiger partial charge in [0, 0.05) is 38.6 Å². The lowest BCUT2D eigenvalue weighted by Gasteiger charge is -2.39. The van der Waals surface area contributed by atoms with E-state index in [0.29, 0.717) is 19.1 Å². The molecule has 200 valence electrons. The Morgan fingerprint density at radius 3 is 2.26 bits per heavy atom. The van der Waals surface area contributed by atoms with Crippen LogP contribution in [0.25, 0.3) is 0 Å². The molecule has 0 saturated carbocycles. The monoisotopic (exact) mass is 513 g/mol. The van der Waals surface area contributed by atoms with Gasteiger partial charge < -0.3 is 19.3 Å². The Morgan fingerprint density at radius 2 is 1.50 bits per heavy atom. The second-order valence-electron chi connectivity index (χ2n) is 10.2. The van der Waals surface area contributed by atoms with Gasteiger partial charge in [-0.1, -0.05) is 54.6 Å². The molecule has 0 unspecified atom stereocenters. The van der Waals surface area contributed by atoms with E-state index in [4.69, 9.17) is 9.47 Å². The minimum absolute atomic E-state index is 0.133. The third-order valence-corrected chi connectivity index (χ3v) is 7.59. The normalized spacial score (nSPS) is 16.9. The molecule has 1 amide bonds. The molecule has 0 bridgehead atoms. The number of para-hydroxylation sites is 2. The number of benzene rings is 3. The zero-order valence-corrected chi connectivity index (χ0v) is 22.4. The highest BCUT2D eigenvalue weighted by molar-refractivity contribution is 5.79. The summed E-state index contributed by atoms with van der Waals surface area (Å²) < 4.78 is 11.8. The van der Waals surface area contributed by atoms with Crippen LogP contribution in [0.3, 0.4) is 0 Å². The van der Waals surface area contributed by atoms with Crippen molar-refractivity contribution in [3.63, 3.8) is 0 Å². The van der Waals surface area contributed by atoms with Crippen LogP contribution in [0, 0.1) is 5.92 Å². The minimum Gasteiger partial charge on any atom is -0.492 e. The Kier molecular flexibility index (Phi) is 8.82. The number of hydrogen-bond acceptors (Lipinski definition) is 5. The van der Waals surface area contributed by atoms with Gasteiger partial charge in [0.2, 0.25) is 5.91 Å². The maximum atomic E-state index is 13.3. The number of hydrogen-bond donors (Lipinski definition) is 0. The molecule has 38 heavy (non-hydrogen) atoms. The van der Waals surface area contributed by atoms with E-state index in [9.17, 15) is 4.79 Å². The summed E-state index contributed by atoms with van der Waals surface area (Å²) >= 11 is 0. The molecule has 2 aliphatic heterocycles. The Balaban J connectivity index is 1.07. The molecule has 0 aromatic heterocycles. The first-order valence-electron chi connectivity index (χ1n) is 13.9. The summed E-state index contributed by atoms with van der Waals surface area (Å²) in [6.07, 6.45) is 1.85. The zero-order valence-electron chi connectivity index (χ0n) is 22.4. The number of ether oxygens (including phenoxy) is 2. The summed E-state index contributed by atoms with van der Waals surface area (Å²) in [5.41, 5.74) is 3.55. The zero-order chi connectivity index (χ0) is 26.2. The van der Waals surface area contributed by atoms with Gasteiger partial charge in [0.05, 0.1) is 12.3 Å². The van der Waals surface area contributed by atoms with Gasteiger partial charge in [-0.2, -0.15) is 0 Å². The second-order valence-corrected chi connectivity index (χ2v) is 10.2. The molecule has 6 heteroatoms. The molecule has 0 spiro atoms. The van der Waals surface area contributed by atoms with E-state index >= 15 is 0 Å². The van der Waals surface area contributed by atoms with Crippen molar-refractivity contribution in [1.29, 1.82) is 0 Å². The quantitative estimate of drug-likeness (QED) is 0.392. The molecule has 3 aromatic carbocycles. The number of nitrogens with zero attached hydrogens (tertiary/aromatic N) is 3. The number of likely N-dealkylation sites (tertiary alicyclic amines) is 1. The number of carbonyl (C=O) groups excluding carboxylic acids is 1. The first-order valence-corrected chi connectivity index (χ1v) is 13.9. The average molecular weight is 514 g/mol. The first-order chi connectivity index (χ1) is 18.7. The topological polar surface area (TPSA) is 45.2 Å². The Bertz CT molecular complexity index is 1170. The van der Waals surface area contributed by atoms with E-state index in [0.717, 1.165) is 75.8 Å². The third-order valence-electron chi connectivity index (χ3n) is 7.59. The number of anilines is 1. The van der Waals surface area contributed by atoms with E-state index in [-0.39, 0.29) is 5.92 Å². The molecule has 6 nitrogen and oxygen atoms in total. The lowest BCUT2D eigenvalue weighted by atomic mass is 9.94. The van der Waals surface area contributed by atoms with Crippen LogP contribution in [0.4, 0.5) is 5.69 Å².